The average Bonchev–Trinajstić information content (AvgIpc) is 2.39. The Hall–Kier alpha value is -1.43. The van der Waals surface area contributed by atoms with E-state index < -0.39 is 11.9 Å². The molecule has 106 valence electrons. The minimum absolute atomic E-state index is 0.231. The van der Waals surface area contributed by atoms with Gasteiger partial charge in [0.1, 0.15) is 0 Å². The number of aliphatic hydroxyl groups is 1. The van der Waals surface area contributed by atoms with Crippen molar-refractivity contribution in [2.24, 2.45) is 0 Å². The molecule has 0 aliphatic carbocycles. The Bertz CT molecular complexity index is 422. The number of hydrogen-bond acceptors (Lipinski definition) is 4. The number of ether oxygens (including phenoxy) is 2. The topological polar surface area (TPSA) is 67.8 Å². The standard InChI is InChI=1S/C14H21NO4/c1-14(2,17)11-7-5-6-10(8-11)13(16)15-9-12(18-3)19-4/h5-8,12,17H,9H2,1-4H3,(H,15,16). The molecule has 0 bridgehead atoms. The van der Waals surface area contributed by atoms with Crippen LogP contribution in [0.25, 0.3) is 0 Å². The van der Waals surface area contributed by atoms with Gasteiger partial charge in [-0.25, -0.2) is 0 Å². The highest BCUT2D eigenvalue weighted by atomic mass is 16.7. The summed E-state index contributed by atoms with van der Waals surface area (Å²) in [5, 5.41) is 12.6. The van der Waals surface area contributed by atoms with Gasteiger partial charge in [0.2, 0.25) is 0 Å². The van der Waals surface area contributed by atoms with Gasteiger partial charge < -0.3 is 19.9 Å². The third-order valence-electron chi connectivity index (χ3n) is 2.79. The van der Waals surface area contributed by atoms with Gasteiger partial charge in [-0.15, -0.1) is 0 Å². The van der Waals surface area contributed by atoms with Crippen molar-refractivity contribution in [1.82, 2.24) is 5.32 Å². The maximum absolute atomic E-state index is 12.0. The van der Waals surface area contributed by atoms with Crippen molar-refractivity contribution in [1.29, 1.82) is 0 Å². The first-order valence-corrected chi connectivity index (χ1v) is 6.05. The molecule has 0 heterocycles. The molecule has 0 radical (unpaired) electrons. The van der Waals surface area contributed by atoms with Gasteiger partial charge in [-0.05, 0) is 31.5 Å². The van der Waals surface area contributed by atoms with Crippen LogP contribution < -0.4 is 5.32 Å². The van der Waals surface area contributed by atoms with E-state index in [4.69, 9.17) is 9.47 Å². The van der Waals surface area contributed by atoms with Crippen molar-refractivity contribution >= 4 is 5.91 Å². The van der Waals surface area contributed by atoms with Crippen LogP contribution in [-0.4, -0.2) is 38.1 Å². The molecule has 1 amide bonds. The number of carbonyl (C=O) groups is 1. The molecular formula is C14H21NO4. The molecule has 1 rings (SSSR count). The first kappa shape index (κ1) is 15.6. The van der Waals surface area contributed by atoms with E-state index in [0.717, 1.165) is 0 Å². The molecular weight excluding hydrogens is 246 g/mol. The van der Waals surface area contributed by atoms with Crippen LogP contribution >= 0.6 is 0 Å². The zero-order valence-electron chi connectivity index (χ0n) is 11.8. The normalized spacial score (nSPS) is 11.7. The Morgan fingerprint density at radius 3 is 2.53 bits per heavy atom. The number of amides is 1. The largest absolute Gasteiger partial charge is 0.386 e. The van der Waals surface area contributed by atoms with Gasteiger partial charge in [0, 0.05) is 19.8 Å². The van der Waals surface area contributed by atoms with Gasteiger partial charge in [0.15, 0.2) is 6.29 Å². The lowest BCUT2D eigenvalue weighted by molar-refractivity contribution is -0.0974. The fraction of sp³-hybridized carbons (Fsp3) is 0.500. The Morgan fingerprint density at radius 1 is 1.37 bits per heavy atom. The van der Waals surface area contributed by atoms with E-state index in [1.165, 1.54) is 14.2 Å². The second-order valence-electron chi connectivity index (χ2n) is 4.75. The Kier molecular flexibility index (Phi) is 5.47. The van der Waals surface area contributed by atoms with Crippen molar-refractivity contribution in [3.05, 3.63) is 35.4 Å². The van der Waals surface area contributed by atoms with Gasteiger partial charge in [-0.1, -0.05) is 12.1 Å². The minimum Gasteiger partial charge on any atom is -0.386 e. The zero-order chi connectivity index (χ0) is 14.5. The van der Waals surface area contributed by atoms with Gasteiger partial charge in [-0.3, -0.25) is 4.79 Å². The van der Waals surface area contributed by atoms with Crippen LogP contribution in [0.1, 0.15) is 29.8 Å². The lowest BCUT2D eigenvalue weighted by Gasteiger charge is -2.19. The van der Waals surface area contributed by atoms with Gasteiger partial charge in [0.05, 0.1) is 12.1 Å². The van der Waals surface area contributed by atoms with E-state index in [9.17, 15) is 9.90 Å². The third kappa shape index (κ3) is 4.63. The monoisotopic (exact) mass is 267 g/mol. The molecule has 0 unspecified atom stereocenters. The zero-order valence-corrected chi connectivity index (χ0v) is 11.8. The quantitative estimate of drug-likeness (QED) is 0.761. The Morgan fingerprint density at radius 2 is 2.00 bits per heavy atom. The summed E-state index contributed by atoms with van der Waals surface area (Å²) in [7, 11) is 3.02. The highest BCUT2D eigenvalue weighted by Gasteiger charge is 2.17. The van der Waals surface area contributed by atoms with E-state index in [1.54, 1.807) is 38.1 Å². The highest BCUT2D eigenvalue weighted by Crippen LogP contribution is 2.20. The van der Waals surface area contributed by atoms with Crippen molar-refractivity contribution in [2.75, 3.05) is 20.8 Å². The maximum atomic E-state index is 12.0. The molecule has 0 atom stereocenters. The summed E-state index contributed by atoms with van der Waals surface area (Å²) < 4.78 is 9.97. The summed E-state index contributed by atoms with van der Waals surface area (Å²) in [5.41, 5.74) is 0.207. The second kappa shape index (κ2) is 6.65. The van der Waals surface area contributed by atoms with Crippen LogP contribution in [-0.2, 0) is 15.1 Å². The smallest absolute Gasteiger partial charge is 0.251 e. The second-order valence-corrected chi connectivity index (χ2v) is 4.75. The Labute approximate surface area is 113 Å². The van der Waals surface area contributed by atoms with Gasteiger partial charge in [-0.2, -0.15) is 0 Å². The van der Waals surface area contributed by atoms with Crippen LogP contribution in [0.15, 0.2) is 24.3 Å². The van der Waals surface area contributed by atoms with E-state index >= 15 is 0 Å². The lowest BCUT2D eigenvalue weighted by Crippen LogP contribution is -2.34. The molecule has 1 aromatic carbocycles. The maximum Gasteiger partial charge on any atom is 0.251 e. The number of benzene rings is 1. The summed E-state index contributed by atoms with van der Waals surface area (Å²) in [6.07, 6.45) is -0.471. The molecule has 0 saturated heterocycles. The molecule has 0 saturated carbocycles. The molecule has 0 fully saturated rings. The van der Waals surface area contributed by atoms with Crippen LogP contribution in [0.2, 0.25) is 0 Å². The van der Waals surface area contributed by atoms with Crippen molar-refractivity contribution in [3.8, 4) is 0 Å². The van der Waals surface area contributed by atoms with Gasteiger partial charge >= 0.3 is 0 Å². The first-order chi connectivity index (χ1) is 8.88. The Balaban J connectivity index is 2.72. The fourth-order valence-electron chi connectivity index (χ4n) is 1.58. The lowest BCUT2D eigenvalue weighted by atomic mass is 9.96. The molecule has 0 aromatic heterocycles. The van der Waals surface area contributed by atoms with Crippen LogP contribution in [0, 0.1) is 0 Å². The van der Waals surface area contributed by atoms with Crippen LogP contribution in [0.4, 0.5) is 0 Å². The summed E-state index contributed by atoms with van der Waals surface area (Å²) in [5.74, 6) is -0.231. The SMILES string of the molecule is COC(CNC(=O)c1cccc(C(C)(C)O)c1)OC. The molecule has 5 nitrogen and oxygen atoms in total. The average molecular weight is 267 g/mol. The minimum atomic E-state index is -0.974. The van der Waals surface area contributed by atoms with Crippen molar-refractivity contribution < 1.29 is 19.4 Å². The summed E-state index contributed by atoms with van der Waals surface area (Å²) in [6, 6.07) is 6.89. The molecule has 0 spiro atoms. The van der Waals surface area contributed by atoms with Crippen LogP contribution in [0.3, 0.4) is 0 Å². The van der Waals surface area contributed by atoms with E-state index in [-0.39, 0.29) is 12.5 Å². The number of rotatable bonds is 6. The summed E-state index contributed by atoms with van der Waals surface area (Å²) >= 11 is 0. The third-order valence-corrected chi connectivity index (χ3v) is 2.79. The molecule has 1 aromatic rings. The molecule has 5 heteroatoms. The van der Waals surface area contributed by atoms with E-state index in [2.05, 4.69) is 5.32 Å². The van der Waals surface area contributed by atoms with Crippen molar-refractivity contribution in [3.63, 3.8) is 0 Å². The summed E-state index contributed by atoms with van der Waals surface area (Å²) in [6.45, 7) is 3.62. The van der Waals surface area contributed by atoms with Gasteiger partial charge in [0.25, 0.3) is 5.91 Å². The number of hydrogen-bond donors (Lipinski definition) is 2. The van der Waals surface area contributed by atoms with Crippen LogP contribution in [0.5, 0.6) is 0 Å². The predicted octanol–water partition coefficient (Wildman–Crippen LogP) is 1.26. The molecule has 0 aliphatic rings. The molecule has 19 heavy (non-hydrogen) atoms. The summed E-state index contributed by atoms with van der Waals surface area (Å²) in [4.78, 5) is 12.0. The fourth-order valence-corrected chi connectivity index (χ4v) is 1.58. The molecule has 0 aliphatic heterocycles. The highest BCUT2D eigenvalue weighted by molar-refractivity contribution is 5.94. The number of nitrogens with one attached hydrogen (secondary N) is 1. The number of methoxy groups -OCH3 is 2. The van der Waals surface area contributed by atoms with E-state index in [1.807, 2.05) is 0 Å². The van der Waals surface area contributed by atoms with Crippen molar-refractivity contribution in [2.45, 2.75) is 25.7 Å². The van der Waals surface area contributed by atoms with E-state index in [0.29, 0.717) is 11.1 Å². The predicted molar refractivity (Wildman–Crippen MR) is 71.8 cm³/mol. The first-order valence-electron chi connectivity index (χ1n) is 6.05. The number of carbonyl (C=O) groups excluding carboxylic acids is 1. The molecule has 2 N–H and O–H groups in total.